The van der Waals surface area contributed by atoms with E-state index in [1.165, 1.54) is 231 Å². The zero-order valence-electron chi connectivity index (χ0n) is 49.9. The Labute approximate surface area is 476 Å². The molecule has 4 unspecified atom stereocenters. The zero-order valence-corrected chi connectivity index (χ0v) is 49.9. The summed E-state index contributed by atoms with van der Waals surface area (Å²) in [5, 5.41) is 87.0. The highest BCUT2D eigenvalue weighted by Gasteiger charge is 2.51. The Morgan fingerprint density at radius 1 is 0.449 bits per heavy atom. The van der Waals surface area contributed by atoms with Gasteiger partial charge < -0.3 is 65.1 Å². The number of ether oxygens (including phenoxy) is 4. The molecule has 0 radical (unpaired) electrons. The number of carbonyl (C=O) groups is 1. The number of amides is 1. The Balaban J connectivity index is 1.58. The van der Waals surface area contributed by atoms with Gasteiger partial charge in [-0.15, -0.1) is 0 Å². The first-order valence-corrected chi connectivity index (χ1v) is 32.9. The fraction of sp³-hybridized carbons (Fsp3) is 0.953. The van der Waals surface area contributed by atoms with Gasteiger partial charge in [0.25, 0.3) is 0 Å². The van der Waals surface area contributed by atoms with Crippen LogP contribution >= 0.6 is 0 Å². The van der Waals surface area contributed by atoms with Crippen molar-refractivity contribution in [2.45, 2.75) is 370 Å². The number of aliphatic hydroxyl groups excluding tert-OH is 8. The number of hydrogen-bond donors (Lipinski definition) is 9. The van der Waals surface area contributed by atoms with Gasteiger partial charge in [0.05, 0.1) is 32.0 Å². The standard InChI is InChI=1S/C64H123NO13/c1-3-5-7-9-11-13-15-16-17-18-19-20-21-22-23-24-25-26-27-28-29-30-31-32-33-34-35-36-38-40-42-44-46-48-56(69)65-52(53(68)47-45-43-41-39-37-14-12-10-8-6-4-2)51-75-63-61(74)59(72)62(55(50-67)77-63)78-64-60(73)58(71)57(70)54(49-66)76-64/h45,47,52-55,57-64,66-68,70-74H,3-44,46,48-51H2,1-2H3,(H,65,69)/b47-45+/t52-,53+,54+,55+,57-,58?,59?,60?,61?,62+,63+,64-/m0/s1. The normalized spacial score (nSPS) is 24.5. The summed E-state index contributed by atoms with van der Waals surface area (Å²) in [5.41, 5.74) is 0. The molecule has 14 nitrogen and oxygen atoms in total. The molecule has 1 amide bonds. The minimum Gasteiger partial charge on any atom is -0.394 e. The minimum absolute atomic E-state index is 0.234. The maximum atomic E-state index is 13.2. The highest BCUT2D eigenvalue weighted by Crippen LogP contribution is 2.30. The molecule has 2 heterocycles. The third-order valence-corrected chi connectivity index (χ3v) is 16.5. The van der Waals surface area contributed by atoms with E-state index in [2.05, 4.69) is 19.2 Å². The SMILES string of the molecule is CCCCCCCCCCC/C=C/[C@@H](O)[C@H](CO[C@@H]1O[C@H](CO)[C@@H](O[C@@H]2O[C@H](CO)[C@H](O)C(O)C2O)C(O)C1O)NC(=O)CCCCCCCCCCCCCCCCCCCCCCCCCCCCCCCCCCC. The van der Waals surface area contributed by atoms with E-state index in [1.54, 1.807) is 6.08 Å². The summed E-state index contributed by atoms with van der Waals surface area (Å²) >= 11 is 0. The second-order valence-corrected chi connectivity index (χ2v) is 23.6. The average Bonchev–Trinajstić information content (AvgIpc) is 3.45. The van der Waals surface area contributed by atoms with Crippen molar-refractivity contribution in [2.75, 3.05) is 19.8 Å². The molecule has 0 bridgehead atoms. The van der Waals surface area contributed by atoms with Gasteiger partial charge in [-0.25, -0.2) is 0 Å². The number of rotatable bonds is 54. The largest absolute Gasteiger partial charge is 0.394 e. The average molecular weight is 1110 g/mol. The van der Waals surface area contributed by atoms with Crippen LogP contribution in [0.3, 0.4) is 0 Å². The summed E-state index contributed by atoms with van der Waals surface area (Å²) in [6, 6.07) is -0.909. The van der Waals surface area contributed by atoms with Gasteiger partial charge in [0.1, 0.15) is 48.8 Å². The predicted octanol–water partition coefficient (Wildman–Crippen LogP) is 12.2. The van der Waals surface area contributed by atoms with Gasteiger partial charge in [0.15, 0.2) is 12.6 Å². The molecular formula is C64H123NO13. The van der Waals surface area contributed by atoms with Gasteiger partial charge in [-0.2, -0.15) is 0 Å². The monoisotopic (exact) mass is 1110 g/mol. The second-order valence-electron chi connectivity index (χ2n) is 23.6. The highest BCUT2D eigenvalue weighted by atomic mass is 16.7. The van der Waals surface area contributed by atoms with Crippen molar-refractivity contribution in [2.24, 2.45) is 0 Å². The zero-order chi connectivity index (χ0) is 56.7. The third kappa shape index (κ3) is 35.0. The first-order valence-electron chi connectivity index (χ1n) is 32.9. The van der Waals surface area contributed by atoms with Crippen LogP contribution in [0.5, 0.6) is 0 Å². The number of unbranched alkanes of at least 4 members (excludes halogenated alkanes) is 41. The molecule has 78 heavy (non-hydrogen) atoms. The molecule has 12 atom stereocenters. The molecule has 9 N–H and O–H groups in total. The minimum atomic E-state index is -1.79. The van der Waals surface area contributed by atoms with E-state index in [0.29, 0.717) is 6.42 Å². The smallest absolute Gasteiger partial charge is 0.220 e. The quantitative estimate of drug-likeness (QED) is 0.0204. The fourth-order valence-electron chi connectivity index (χ4n) is 11.2. The molecule has 2 saturated heterocycles. The van der Waals surface area contributed by atoms with E-state index >= 15 is 0 Å². The van der Waals surface area contributed by atoms with Crippen LogP contribution in [-0.4, -0.2) is 140 Å². The topological polar surface area (TPSA) is 228 Å². The first-order chi connectivity index (χ1) is 38.1. The third-order valence-electron chi connectivity index (χ3n) is 16.5. The molecule has 0 spiro atoms. The van der Waals surface area contributed by atoms with Crippen LogP contribution in [0, 0.1) is 0 Å². The molecule has 2 aliphatic rings. The Bertz CT molecular complexity index is 1360. The molecule has 0 aromatic heterocycles. The highest BCUT2D eigenvalue weighted by molar-refractivity contribution is 5.76. The Morgan fingerprint density at radius 2 is 0.795 bits per heavy atom. The lowest BCUT2D eigenvalue weighted by Crippen LogP contribution is -2.65. The molecule has 0 aliphatic carbocycles. The fourth-order valence-corrected chi connectivity index (χ4v) is 11.2. The van der Waals surface area contributed by atoms with Crippen LogP contribution in [0.2, 0.25) is 0 Å². The number of allylic oxidation sites excluding steroid dienone is 1. The predicted molar refractivity (Wildman–Crippen MR) is 314 cm³/mol. The molecule has 2 fully saturated rings. The van der Waals surface area contributed by atoms with Crippen molar-refractivity contribution in [3.8, 4) is 0 Å². The summed E-state index contributed by atoms with van der Waals surface area (Å²) in [7, 11) is 0. The van der Waals surface area contributed by atoms with Gasteiger partial charge in [-0.05, 0) is 19.3 Å². The van der Waals surface area contributed by atoms with Gasteiger partial charge in [-0.3, -0.25) is 4.79 Å². The van der Waals surface area contributed by atoms with Gasteiger partial charge in [0.2, 0.25) is 5.91 Å². The maximum Gasteiger partial charge on any atom is 0.220 e. The van der Waals surface area contributed by atoms with E-state index in [1.807, 2.05) is 6.08 Å². The van der Waals surface area contributed by atoms with E-state index in [9.17, 15) is 45.6 Å². The van der Waals surface area contributed by atoms with Crippen molar-refractivity contribution in [1.29, 1.82) is 0 Å². The second kappa shape index (κ2) is 50.3. The first kappa shape index (κ1) is 72.8. The summed E-state index contributed by atoms with van der Waals surface area (Å²) in [6.07, 6.45) is 43.0. The molecule has 14 heteroatoms. The van der Waals surface area contributed by atoms with Crippen LogP contribution in [0.25, 0.3) is 0 Å². The molecule has 0 aromatic rings. The molecular weight excluding hydrogens is 991 g/mol. The molecule has 2 aliphatic heterocycles. The van der Waals surface area contributed by atoms with E-state index in [4.69, 9.17) is 18.9 Å². The van der Waals surface area contributed by atoms with Crippen molar-refractivity contribution in [3.05, 3.63) is 12.2 Å². The Kier molecular flexibility index (Phi) is 46.9. The number of hydrogen-bond acceptors (Lipinski definition) is 13. The summed E-state index contributed by atoms with van der Waals surface area (Å²) < 4.78 is 22.8. The number of aliphatic hydroxyl groups is 8. The van der Waals surface area contributed by atoms with Crippen molar-refractivity contribution >= 4 is 5.91 Å². The molecule has 0 aromatic carbocycles. The maximum absolute atomic E-state index is 13.2. The summed E-state index contributed by atoms with van der Waals surface area (Å²) in [5.74, 6) is -0.234. The lowest BCUT2D eigenvalue weighted by atomic mass is 9.97. The van der Waals surface area contributed by atoms with E-state index in [0.717, 1.165) is 38.5 Å². The van der Waals surface area contributed by atoms with Crippen LogP contribution in [0.4, 0.5) is 0 Å². The van der Waals surface area contributed by atoms with Gasteiger partial charge >= 0.3 is 0 Å². The molecule has 0 saturated carbocycles. The molecule has 2 rings (SSSR count). The molecule has 462 valence electrons. The van der Waals surface area contributed by atoms with Crippen LogP contribution in [-0.2, 0) is 23.7 Å². The number of carbonyl (C=O) groups excluding carboxylic acids is 1. The van der Waals surface area contributed by atoms with Crippen molar-refractivity contribution < 1.29 is 64.6 Å². The number of nitrogens with one attached hydrogen (secondary N) is 1. The lowest BCUT2D eigenvalue weighted by molar-refractivity contribution is -0.359. The Hall–Kier alpha value is -1.27. The van der Waals surface area contributed by atoms with Gasteiger partial charge in [-0.1, -0.05) is 283 Å². The van der Waals surface area contributed by atoms with Crippen molar-refractivity contribution in [1.82, 2.24) is 5.32 Å². The summed E-state index contributed by atoms with van der Waals surface area (Å²) in [4.78, 5) is 13.2. The Morgan fingerprint density at radius 3 is 1.18 bits per heavy atom. The van der Waals surface area contributed by atoms with Crippen LogP contribution < -0.4 is 5.32 Å². The van der Waals surface area contributed by atoms with Gasteiger partial charge in [0, 0.05) is 6.42 Å². The van der Waals surface area contributed by atoms with Crippen LogP contribution in [0.1, 0.15) is 296 Å². The van der Waals surface area contributed by atoms with E-state index in [-0.39, 0.29) is 18.9 Å². The van der Waals surface area contributed by atoms with Crippen molar-refractivity contribution in [3.63, 3.8) is 0 Å². The lowest BCUT2D eigenvalue weighted by Gasteiger charge is -2.46. The van der Waals surface area contributed by atoms with Crippen LogP contribution in [0.15, 0.2) is 12.2 Å². The van der Waals surface area contributed by atoms with E-state index < -0.39 is 86.8 Å². The summed E-state index contributed by atoms with van der Waals surface area (Å²) in [6.45, 7) is 2.81.